The molecular formula is C26H29N3O3. The Bertz CT molecular complexity index is 1020. The van der Waals surface area contributed by atoms with Crippen LogP contribution in [0, 0.1) is 11.8 Å². The van der Waals surface area contributed by atoms with Crippen molar-refractivity contribution in [2.75, 3.05) is 40.3 Å². The predicted octanol–water partition coefficient (Wildman–Crippen LogP) is 1.34. The molecule has 0 aliphatic carbocycles. The smallest absolute Gasteiger partial charge is 0.242 e. The number of hydrogen-bond acceptors (Lipinski definition) is 4. The van der Waals surface area contributed by atoms with Gasteiger partial charge in [0.25, 0.3) is 0 Å². The number of amides is 2. The van der Waals surface area contributed by atoms with E-state index < -0.39 is 0 Å². The Morgan fingerprint density at radius 2 is 1.84 bits per heavy atom. The van der Waals surface area contributed by atoms with Gasteiger partial charge >= 0.3 is 0 Å². The van der Waals surface area contributed by atoms with Crippen LogP contribution in [0.2, 0.25) is 0 Å². The highest BCUT2D eigenvalue weighted by molar-refractivity contribution is 5.88. The number of aliphatic hydroxyl groups is 1. The molecule has 2 aromatic carbocycles. The number of carbonyl (C=O) groups excluding carboxylic acids is 2. The standard InChI is InChI=1S/C26H29N3O3/c1-27(2)14-6-9-19-10-12-21(13-11-19)26-22-16-28(17-25(32)29(22)23(26)18-30)24(31)15-20-7-4-3-5-8-20/h3-5,7-8,10-13,22-23,26,30H,14-18H2,1-2H3/t22-,23+,26+/m0/s1. The van der Waals surface area contributed by atoms with Crippen LogP contribution in [0.5, 0.6) is 0 Å². The molecule has 1 N–H and O–H groups in total. The second kappa shape index (κ2) is 9.56. The van der Waals surface area contributed by atoms with Crippen LogP contribution >= 0.6 is 0 Å². The first-order valence-electron chi connectivity index (χ1n) is 10.9. The van der Waals surface area contributed by atoms with Crippen molar-refractivity contribution < 1.29 is 14.7 Å². The highest BCUT2D eigenvalue weighted by Crippen LogP contribution is 2.42. The van der Waals surface area contributed by atoms with E-state index in [1.165, 1.54) is 0 Å². The van der Waals surface area contributed by atoms with Crippen LogP contribution in [0.1, 0.15) is 22.6 Å². The first-order chi connectivity index (χ1) is 15.5. The van der Waals surface area contributed by atoms with Crippen molar-refractivity contribution in [2.24, 2.45) is 0 Å². The molecule has 166 valence electrons. The van der Waals surface area contributed by atoms with Crippen molar-refractivity contribution in [2.45, 2.75) is 24.4 Å². The van der Waals surface area contributed by atoms with Crippen molar-refractivity contribution in [1.29, 1.82) is 0 Å². The fraction of sp³-hybridized carbons (Fsp3) is 0.385. The van der Waals surface area contributed by atoms with Crippen LogP contribution in [0.25, 0.3) is 0 Å². The quantitative estimate of drug-likeness (QED) is 0.726. The van der Waals surface area contributed by atoms with Gasteiger partial charge in [-0.05, 0) is 37.4 Å². The van der Waals surface area contributed by atoms with Crippen LogP contribution in [0.15, 0.2) is 54.6 Å². The summed E-state index contributed by atoms with van der Waals surface area (Å²) in [7, 11) is 3.96. The number of benzene rings is 2. The molecule has 2 amide bonds. The van der Waals surface area contributed by atoms with E-state index in [2.05, 4.69) is 11.8 Å². The third kappa shape index (κ3) is 4.55. The lowest BCUT2D eigenvalue weighted by atomic mass is 9.73. The molecule has 2 fully saturated rings. The van der Waals surface area contributed by atoms with Crippen molar-refractivity contribution in [3.05, 3.63) is 71.3 Å². The zero-order chi connectivity index (χ0) is 22.7. The number of carbonyl (C=O) groups is 2. The van der Waals surface area contributed by atoms with Crippen LogP contribution in [-0.2, 0) is 16.0 Å². The molecule has 0 unspecified atom stereocenters. The van der Waals surface area contributed by atoms with Crippen molar-refractivity contribution in [3.63, 3.8) is 0 Å². The van der Waals surface area contributed by atoms with Crippen LogP contribution in [-0.4, -0.2) is 84.0 Å². The third-order valence-electron chi connectivity index (χ3n) is 6.23. The second-order valence-corrected chi connectivity index (χ2v) is 8.74. The summed E-state index contributed by atoms with van der Waals surface area (Å²) in [5, 5.41) is 9.97. The average molecular weight is 432 g/mol. The number of rotatable bonds is 5. The minimum atomic E-state index is -0.246. The largest absolute Gasteiger partial charge is 0.394 e. The molecule has 6 nitrogen and oxygen atoms in total. The highest BCUT2D eigenvalue weighted by atomic mass is 16.3. The summed E-state index contributed by atoms with van der Waals surface area (Å²) in [6.45, 7) is 1.17. The Balaban J connectivity index is 1.48. The summed E-state index contributed by atoms with van der Waals surface area (Å²) in [5.74, 6) is 6.15. The molecule has 2 saturated heterocycles. The first-order valence-corrected chi connectivity index (χ1v) is 10.9. The first kappa shape index (κ1) is 22.1. The Morgan fingerprint density at radius 1 is 1.12 bits per heavy atom. The molecular weight excluding hydrogens is 402 g/mol. The second-order valence-electron chi connectivity index (χ2n) is 8.74. The Kier molecular flexibility index (Phi) is 6.59. The fourth-order valence-electron chi connectivity index (χ4n) is 4.66. The van der Waals surface area contributed by atoms with Gasteiger partial charge in [-0.3, -0.25) is 14.5 Å². The molecule has 0 spiro atoms. The summed E-state index contributed by atoms with van der Waals surface area (Å²) in [6, 6.07) is 17.3. The lowest BCUT2D eigenvalue weighted by Gasteiger charge is -2.58. The van der Waals surface area contributed by atoms with Gasteiger partial charge in [-0.15, -0.1) is 0 Å². The van der Waals surface area contributed by atoms with Crippen LogP contribution in [0.3, 0.4) is 0 Å². The average Bonchev–Trinajstić information content (AvgIpc) is 2.76. The van der Waals surface area contributed by atoms with E-state index in [9.17, 15) is 14.7 Å². The van der Waals surface area contributed by atoms with Gasteiger partial charge in [0.15, 0.2) is 0 Å². The van der Waals surface area contributed by atoms with E-state index in [-0.39, 0.29) is 49.4 Å². The number of aliphatic hydroxyl groups excluding tert-OH is 1. The summed E-state index contributed by atoms with van der Waals surface area (Å²) >= 11 is 0. The van der Waals surface area contributed by atoms with Gasteiger partial charge < -0.3 is 14.9 Å². The number of nitrogens with zero attached hydrogens (tertiary/aromatic N) is 3. The molecule has 2 aliphatic rings. The lowest BCUT2D eigenvalue weighted by Crippen LogP contribution is -2.73. The van der Waals surface area contributed by atoms with Gasteiger partial charge in [-0.1, -0.05) is 54.3 Å². The lowest BCUT2D eigenvalue weighted by molar-refractivity contribution is -0.166. The van der Waals surface area contributed by atoms with E-state index in [4.69, 9.17) is 0 Å². The van der Waals surface area contributed by atoms with Gasteiger partial charge in [0.1, 0.15) is 0 Å². The van der Waals surface area contributed by atoms with Crippen molar-refractivity contribution in [3.8, 4) is 11.8 Å². The third-order valence-corrected chi connectivity index (χ3v) is 6.23. The molecule has 4 rings (SSSR count). The van der Waals surface area contributed by atoms with Gasteiger partial charge in [0.05, 0.1) is 38.2 Å². The van der Waals surface area contributed by atoms with Gasteiger partial charge in [0, 0.05) is 18.0 Å². The van der Waals surface area contributed by atoms with Gasteiger partial charge in [0.2, 0.25) is 11.8 Å². The Hall–Kier alpha value is -3.14. The minimum Gasteiger partial charge on any atom is -0.394 e. The normalized spacial score (nSPS) is 22.1. The maximum absolute atomic E-state index is 12.9. The van der Waals surface area contributed by atoms with Gasteiger partial charge in [-0.25, -0.2) is 0 Å². The molecule has 2 heterocycles. The molecule has 0 radical (unpaired) electrons. The zero-order valence-corrected chi connectivity index (χ0v) is 18.6. The SMILES string of the molecule is CN(C)CC#Cc1ccc([C@H]2[C@@H](CO)N3C(=O)CN(C(=O)Cc4ccccc4)C[C@@H]23)cc1. The zero-order valence-electron chi connectivity index (χ0n) is 18.6. The number of fused-ring (bicyclic) bond motifs is 1. The molecule has 32 heavy (non-hydrogen) atoms. The summed E-state index contributed by atoms with van der Waals surface area (Å²) in [5.41, 5.74) is 2.94. The Labute approximate surface area is 189 Å². The Morgan fingerprint density at radius 3 is 2.50 bits per heavy atom. The van der Waals surface area contributed by atoms with E-state index in [0.29, 0.717) is 13.1 Å². The predicted molar refractivity (Wildman–Crippen MR) is 123 cm³/mol. The van der Waals surface area contributed by atoms with E-state index in [0.717, 1.165) is 16.7 Å². The summed E-state index contributed by atoms with van der Waals surface area (Å²) < 4.78 is 0. The summed E-state index contributed by atoms with van der Waals surface area (Å²) in [6.07, 6.45) is 0.287. The van der Waals surface area contributed by atoms with E-state index in [1.54, 1.807) is 9.80 Å². The molecule has 0 saturated carbocycles. The molecule has 0 bridgehead atoms. The monoisotopic (exact) mass is 431 g/mol. The van der Waals surface area contributed by atoms with Crippen molar-refractivity contribution in [1.82, 2.24) is 14.7 Å². The van der Waals surface area contributed by atoms with Crippen LogP contribution in [0.4, 0.5) is 0 Å². The molecule has 6 heteroatoms. The molecule has 3 atom stereocenters. The summed E-state index contributed by atoms with van der Waals surface area (Å²) in [4.78, 5) is 31.1. The number of hydrogen-bond donors (Lipinski definition) is 1. The van der Waals surface area contributed by atoms with Crippen LogP contribution < -0.4 is 0 Å². The fourth-order valence-corrected chi connectivity index (χ4v) is 4.66. The molecule has 2 aromatic rings. The maximum atomic E-state index is 12.9. The maximum Gasteiger partial charge on any atom is 0.242 e. The minimum absolute atomic E-state index is 0.0000552. The molecule has 2 aliphatic heterocycles. The van der Waals surface area contributed by atoms with E-state index >= 15 is 0 Å². The highest BCUT2D eigenvalue weighted by Gasteiger charge is 2.54. The number of piperazine rings is 1. The van der Waals surface area contributed by atoms with E-state index in [1.807, 2.05) is 73.6 Å². The topological polar surface area (TPSA) is 64.1 Å². The van der Waals surface area contributed by atoms with Gasteiger partial charge in [-0.2, -0.15) is 0 Å². The molecule has 0 aromatic heterocycles. The van der Waals surface area contributed by atoms with Crippen molar-refractivity contribution >= 4 is 11.8 Å².